The Labute approximate surface area is 137 Å². The Balaban J connectivity index is 2.02. The Morgan fingerprint density at radius 1 is 0.522 bits per heavy atom. The lowest BCUT2D eigenvalue weighted by Crippen LogP contribution is -2.26. The van der Waals surface area contributed by atoms with E-state index in [2.05, 4.69) is 86.6 Å². The van der Waals surface area contributed by atoms with Crippen LogP contribution in [0.1, 0.15) is 36.1 Å². The maximum atomic E-state index is 2.31. The molecule has 0 saturated carbocycles. The predicted molar refractivity (Wildman–Crippen MR) is 96.5 cm³/mol. The molecule has 23 heavy (non-hydrogen) atoms. The van der Waals surface area contributed by atoms with Crippen molar-refractivity contribution in [3.05, 3.63) is 101 Å². The van der Waals surface area contributed by atoms with Gasteiger partial charge in [0.1, 0.15) is 0 Å². The molecule has 0 N–H and O–H groups in total. The van der Waals surface area contributed by atoms with Crippen LogP contribution in [-0.4, -0.2) is 0 Å². The predicted octanol–water partition coefficient (Wildman–Crippen LogP) is 5.81. The summed E-state index contributed by atoms with van der Waals surface area (Å²) in [6, 6.07) is 26.7. The van der Waals surface area contributed by atoms with Gasteiger partial charge < -0.3 is 0 Å². The highest BCUT2D eigenvalue weighted by Crippen LogP contribution is 2.61. The van der Waals surface area contributed by atoms with Crippen LogP contribution < -0.4 is 0 Å². The molecule has 0 bridgehead atoms. The second kappa shape index (κ2) is 4.23. The van der Waals surface area contributed by atoms with Gasteiger partial charge in [0.15, 0.2) is 0 Å². The summed E-state index contributed by atoms with van der Waals surface area (Å²) in [5.74, 6) is 0. The molecule has 0 aromatic heterocycles. The van der Waals surface area contributed by atoms with Gasteiger partial charge in [-0.2, -0.15) is 0 Å². The molecule has 110 valence electrons. The lowest BCUT2D eigenvalue weighted by molar-refractivity contribution is 0.766. The first-order valence-electron chi connectivity index (χ1n) is 8.23. The fraction of sp³-hybridized carbons (Fsp3) is 0.130. The third kappa shape index (κ3) is 1.33. The van der Waals surface area contributed by atoms with E-state index in [9.17, 15) is 0 Å². The van der Waals surface area contributed by atoms with Gasteiger partial charge in [0.2, 0.25) is 0 Å². The summed E-state index contributed by atoms with van der Waals surface area (Å²) in [6.45, 7) is 4.58. The minimum absolute atomic E-state index is 0.103. The van der Waals surface area contributed by atoms with Crippen LogP contribution in [0, 0.1) is 0 Å². The topological polar surface area (TPSA) is 0 Å². The zero-order valence-electron chi connectivity index (χ0n) is 13.4. The number of allylic oxidation sites excluding steroid dienone is 2. The van der Waals surface area contributed by atoms with Crippen molar-refractivity contribution >= 4 is 5.57 Å². The molecule has 0 aliphatic heterocycles. The van der Waals surface area contributed by atoms with Crippen molar-refractivity contribution in [2.45, 2.75) is 19.3 Å². The van der Waals surface area contributed by atoms with E-state index in [4.69, 9.17) is 0 Å². The summed E-state index contributed by atoms with van der Waals surface area (Å²) in [4.78, 5) is 0. The van der Waals surface area contributed by atoms with Gasteiger partial charge in [-0.05, 0) is 52.8 Å². The van der Waals surface area contributed by atoms with Crippen molar-refractivity contribution in [3.63, 3.8) is 0 Å². The molecular weight excluding hydrogens is 276 g/mol. The molecule has 2 aliphatic carbocycles. The average Bonchev–Trinajstić information content (AvgIpc) is 3.03. The van der Waals surface area contributed by atoms with Gasteiger partial charge in [-0.3, -0.25) is 0 Å². The van der Waals surface area contributed by atoms with Crippen molar-refractivity contribution in [1.29, 1.82) is 0 Å². The van der Waals surface area contributed by atoms with Gasteiger partial charge in [0, 0.05) is 0 Å². The third-order valence-corrected chi connectivity index (χ3v) is 5.81. The van der Waals surface area contributed by atoms with E-state index in [0.717, 1.165) is 0 Å². The summed E-state index contributed by atoms with van der Waals surface area (Å²) >= 11 is 0. The molecular formula is C23H18. The molecule has 0 fully saturated rings. The standard InChI is InChI=1S/C23H18/c1-15-16(2)23(20-12-6-3-9-17(15)20)21-13-7-4-10-18(21)19-11-5-8-14-22(19)23/h3-14H,1-2H3. The Kier molecular flexibility index (Phi) is 2.37. The van der Waals surface area contributed by atoms with Crippen LogP contribution in [0.2, 0.25) is 0 Å². The zero-order chi connectivity index (χ0) is 15.6. The smallest absolute Gasteiger partial charge is 0.0619 e. The van der Waals surface area contributed by atoms with Crippen LogP contribution in [0.15, 0.2) is 78.4 Å². The molecule has 2 aliphatic rings. The highest BCUT2D eigenvalue weighted by atomic mass is 14.5. The fourth-order valence-electron chi connectivity index (χ4n) is 4.75. The summed E-state index contributed by atoms with van der Waals surface area (Å²) in [7, 11) is 0. The summed E-state index contributed by atoms with van der Waals surface area (Å²) < 4.78 is 0. The number of hydrogen-bond acceptors (Lipinski definition) is 0. The fourth-order valence-corrected chi connectivity index (χ4v) is 4.75. The van der Waals surface area contributed by atoms with Gasteiger partial charge >= 0.3 is 0 Å². The molecule has 0 heterocycles. The van der Waals surface area contributed by atoms with Crippen LogP contribution in [0.3, 0.4) is 0 Å². The summed E-state index contributed by atoms with van der Waals surface area (Å²) in [5.41, 5.74) is 11.3. The molecule has 0 atom stereocenters. The van der Waals surface area contributed by atoms with E-state index in [1.54, 1.807) is 0 Å². The summed E-state index contributed by atoms with van der Waals surface area (Å²) in [5, 5.41) is 0. The second-order valence-corrected chi connectivity index (χ2v) is 6.64. The largest absolute Gasteiger partial charge is 0.0682 e. The van der Waals surface area contributed by atoms with Crippen LogP contribution in [-0.2, 0) is 5.41 Å². The molecule has 0 amide bonds. The average molecular weight is 294 g/mol. The minimum atomic E-state index is -0.103. The maximum absolute atomic E-state index is 2.31. The van der Waals surface area contributed by atoms with Crippen molar-refractivity contribution in [3.8, 4) is 11.1 Å². The Morgan fingerprint density at radius 3 is 1.43 bits per heavy atom. The van der Waals surface area contributed by atoms with E-state index in [1.165, 1.54) is 44.5 Å². The Morgan fingerprint density at radius 2 is 0.913 bits per heavy atom. The second-order valence-electron chi connectivity index (χ2n) is 6.64. The number of rotatable bonds is 0. The number of fused-ring (bicyclic) bond motifs is 7. The number of hydrogen-bond donors (Lipinski definition) is 0. The Bertz CT molecular complexity index is 943. The normalized spacial score (nSPS) is 16.4. The summed E-state index contributed by atoms with van der Waals surface area (Å²) in [6.07, 6.45) is 0. The minimum Gasteiger partial charge on any atom is -0.0619 e. The molecule has 1 spiro atoms. The van der Waals surface area contributed by atoms with E-state index in [-0.39, 0.29) is 5.41 Å². The van der Waals surface area contributed by atoms with Crippen molar-refractivity contribution in [2.24, 2.45) is 0 Å². The molecule has 0 heteroatoms. The van der Waals surface area contributed by atoms with E-state index in [1.807, 2.05) is 0 Å². The van der Waals surface area contributed by atoms with Gasteiger partial charge in [0.05, 0.1) is 5.41 Å². The van der Waals surface area contributed by atoms with Gasteiger partial charge in [-0.15, -0.1) is 0 Å². The van der Waals surface area contributed by atoms with Crippen molar-refractivity contribution in [1.82, 2.24) is 0 Å². The maximum Gasteiger partial charge on any atom is 0.0682 e. The molecule has 0 saturated heterocycles. The quantitative estimate of drug-likeness (QED) is 0.491. The Hall–Kier alpha value is -2.60. The number of benzene rings is 3. The van der Waals surface area contributed by atoms with Gasteiger partial charge in [0.25, 0.3) is 0 Å². The lowest BCUT2D eigenvalue weighted by atomic mass is 9.70. The van der Waals surface area contributed by atoms with Crippen LogP contribution in [0.25, 0.3) is 16.7 Å². The van der Waals surface area contributed by atoms with Crippen LogP contribution in [0.5, 0.6) is 0 Å². The molecule has 3 aromatic carbocycles. The van der Waals surface area contributed by atoms with Gasteiger partial charge in [-0.1, -0.05) is 78.4 Å². The van der Waals surface area contributed by atoms with Crippen LogP contribution in [0.4, 0.5) is 0 Å². The van der Waals surface area contributed by atoms with Crippen LogP contribution >= 0.6 is 0 Å². The zero-order valence-corrected chi connectivity index (χ0v) is 13.4. The first kappa shape index (κ1) is 12.9. The first-order chi connectivity index (χ1) is 11.3. The molecule has 0 unspecified atom stereocenters. The monoisotopic (exact) mass is 294 g/mol. The molecule has 0 radical (unpaired) electrons. The lowest BCUT2D eigenvalue weighted by Gasteiger charge is -2.31. The van der Waals surface area contributed by atoms with E-state index < -0.39 is 0 Å². The van der Waals surface area contributed by atoms with Gasteiger partial charge in [-0.25, -0.2) is 0 Å². The highest BCUT2D eigenvalue weighted by molar-refractivity contribution is 5.93. The molecule has 0 nitrogen and oxygen atoms in total. The highest BCUT2D eigenvalue weighted by Gasteiger charge is 2.50. The third-order valence-electron chi connectivity index (χ3n) is 5.81. The molecule has 5 rings (SSSR count). The van der Waals surface area contributed by atoms with Crippen molar-refractivity contribution in [2.75, 3.05) is 0 Å². The SMILES string of the molecule is CC1=C(C)C2(c3ccccc31)c1ccccc1-c1ccccc12. The van der Waals surface area contributed by atoms with E-state index >= 15 is 0 Å². The van der Waals surface area contributed by atoms with Crippen molar-refractivity contribution < 1.29 is 0 Å². The van der Waals surface area contributed by atoms with E-state index in [0.29, 0.717) is 0 Å². The first-order valence-corrected chi connectivity index (χ1v) is 8.23. The molecule has 3 aromatic rings.